The summed E-state index contributed by atoms with van der Waals surface area (Å²) in [6.45, 7) is 6.64. The van der Waals surface area contributed by atoms with Gasteiger partial charge in [-0.15, -0.1) is 0 Å². The van der Waals surface area contributed by atoms with Crippen molar-refractivity contribution in [3.8, 4) is 0 Å². The van der Waals surface area contributed by atoms with Crippen molar-refractivity contribution in [1.82, 2.24) is 0 Å². The molecule has 0 aliphatic carbocycles. The van der Waals surface area contributed by atoms with Crippen LogP contribution < -0.4 is 0 Å². The Morgan fingerprint density at radius 2 is 0.939 bits per heavy atom. The van der Waals surface area contributed by atoms with Crippen LogP contribution in [0.4, 0.5) is 0 Å². The minimum atomic E-state index is -1.17. The lowest BCUT2D eigenvalue weighted by Crippen LogP contribution is -2.70. The predicted octanol–water partition coefficient (Wildman–Crippen LogP) is 5.87. The van der Waals surface area contributed by atoms with E-state index in [1.165, 1.54) is 72.1 Å². The molecule has 0 aromatic rings. The average Bonchev–Trinajstić information content (AvgIpc) is 2.77. The van der Waals surface area contributed by atoms with Gasteiger partial charge in [0, 0.05) is 0 Å². The maximum absolute atomic E-state index is 11.8. The minimum Gasteiger partial charge on any atom is -0.477 e. The zero-order chi connectivity index (χ0) is 25.3. The van der Waals surface area contributed by atoms with Gasteiger partial charge in [-0.2, -0.15) is 0 Å². The Morgan fingerprint density at radius 3 is 1.27 bits per heavy atom. The lowest BCUT2D eigenvalue weighted by atomic mass is 10.00. The van der Waals surface area contributed by atoms with Crippen LogP contribution in [0.3, 0.4) is 0 Å². The summed E-state index contributed by atoms with van der Waals surface area (Å²) in [7, 11) is 0. The van der Waals surface area contributed by atoms with Crippen LogP contribution in [0.25, 0.3) is 0 Å². The van der Waals surface area contributed by atoms with Gasteiger partial charge in [-0.3, -0.25) is 4.48 Å². The van der Waals surface area contributed by atoms with Gasteiger partial charge in [-0.25, -0.2) is 14.4 Å². The Balaban J connectivity index is 4.40. The molecule has 192 valence electrons. The lowest BCUT2D eigenvalue weighted by Gasteiger charge is -2.47. The highest BCUT2D eigenvalue weighted by Crippen LogP contribution is 2.27. The molecule has 0 heterocycles. The smallest absolute Gasteiger partial charge is 0.362 e. The maximum Gasteiger partial charge on any atom is 0.362 e. The fourth-order valence-corrected chi connectivity index (χ4v) is 4.73. The lowest BCUT2D eigenvalue weighted by molar-refractivity contribution is -0.968. The third-order valence-electron chi connectivity index (χ3n) is 7.05. The number of aliphatic carboxylic acids is 3. The number of carboxylic acid groups (broad SMARTS) is 3. The van der Waals surface area contributed by atoms with E-state index in [2.05, 4.69) is 19.1 Å². The van der Waals surface area contributed by atoms with Crippen LogP contribution in [0, 0.1) is 0 Å². The second-order valence-electron chi connectivity index (χ2n) is 9.32. The van der Waals surface area contributed by atoms with Crippen LogP contribution in [-0.2, 0) is 14.4 Å². The summed E-state index contributed by atoms with van der Waals surface area (Å²) in [5.41, 5.74) is 0. The summed E-state index contributed by atoms with van der Waals surface area (Å²) in [6, 6.07) is -3.36. The van der Waals surface area contributed by atoms with E-state index < -0.39 is 40.5 Å². The number of hydrogen-bond donors (Lipinski definition) is 3. The molecule has 0 aliphatic rings. The number of carboxylic acids is 3. The normalized spacial score (nSPS) is 16.2. The van der Waals surface area contributed by atoms with Gasteiger partial charge < -0.3 is 15.3 Å². The summed E-state index contributed by atoms with van der Waals surface area (Å²) in [5.74, 6) is -3.52. The Kier molecular flexibility index (Phi) is 16.6. The Labute approximate surface area is 200 Å². The van der Waals surface area contributed by atoms with Gasteiger partial charge in [0.05, 0.1) is 6.54 Å². The molecule has 0 aromatic heterocycles. The molecule has 0 fully saturated rings. The van der Waals surface area contributed by atoms with E-state index in [9.17, 15) is 29.7 Å². The molecule has 0 spiro atoms. The Bertz CT molecular complexity index is 553. The predicted molar refractivity (Wildman–Crippen MR) is 131 cm³/mol. The van der Waals surface area contributed by atoms with Crippen molar-refractivity contribution in [2.75, 3.05) is 6.54 Å². The first-order chi connectivity index (χ1) is 15.6. The van der Waals surface area contributed by atoms with Crippen LogP contribution in [0.2, 0.25) is 0 Å². The van der Waals surface area contributed by atoms with Crippen molar-refractivity contribution >= 4 is 17.9 Å². The number of carbonyl (C=O) groups is 3. The van der Waals surface area contributed by atoms with E-state index in [0.717, 1.165) is 25.7 Å². The molecule has 0 saturated heterocycles. The van der Waals surface area contributed by atoms with Crippen LogP contribution in [0.1, 0.15) is 111 Å². The summed E-state index contributed by atoms with van der Waals surface area (Å²) in [4.78, 5) is 35.3. The van der Waals surface area contributed by atoms with Gasteiger partial charge in [0.25, 0.3) is 0 Å². The third kappa shape index (κ3) is 11.2. The van der Waals surface area contributed by atoms with Gasteiger partial charge in [0.1, 0.15) is 0 Å². The van der Waals surface area contributed by atoms with Gasteiger partial charge >= 0.3 is 17.9 Å². The number of hydrogen-bond acceptors (Lipinski definition) is 3. The zero-order valence-corrected chi connectivity index (χ0v) is 21.3. The second kappa shape index (κ2) is 17.6. The molecule has 3 unspecified atom stereocenters. The fraction of sp³-hybridized carbons (Fsp3) is 0.808. The first-order valence-corrected chi connectivity index (χ1v) is 12.8. The first kappa shape index (κ1) is 31.1. The highest BCUT2D eigenvalue weighted by atomic mass is 16.4. The van der Waals surface area contributed by atoms with E-state index >= 15 is 0 Å². The molecule has 0 bridgehead atoms. The van der Waals surface area contributed by atoms with Gasteiger partial charge in [-0.1, -0.05) is 70.4 Å². The molecule has 0 radical (unpaired) electrons. The molecular formula is C26H48NO6+. The highest BCUT2D eigenvalue weighted by Gasteiger charge is 2.52. The summed E-state index contributed by atoms with van der Waals surface area (Å²) < 4.78 is -0.478. The van der Waals surface area contributed by atoms with Gasteiger partial charge in [-0.05, 0) is 52.9 Å². The molecule has 7 heteroatoms. The van der Waals surface area contributed by atoms with Gasteiger partial charge in [0.15, 0.2) is 18.1 Å². The third-order valence-corrected chi connectivity index (χ3v) is 7.05. The van der Waals surface area contributed by atoms with E-state index in [1.54, 1.807) is 0 Å². The summed E-state index contributed by atoms with van der Waals surface area (Å²) >= 11 is 0. The maximum atomic E-state index is 11.8. The number of allylic oxidation sites excluding steroid dienone is 2. The first-order valence-electron chi connectivity index (χ1n) is 12.8. The van der Waals surface area contributed by atoms with E-state index in [-0.39, 0.29) is 6.54 Å². The van der Waals surface area contributed by atoms with Crippen molar-refractivity contribution in [2.24, 2.45) is 0 Å². The van der Waals surface area contributed by atoms with Crippen molar-refractivity contribution < 1.29 is 34.2 Å². The monoisotopic (exact) mass is 470 g/mol. The van der Waals surface area contributed by atoms with Gasteiger partial charge in [0.2, 0.25) is 0 Å². The topological polar surface area (TPSA) is 112 Å². The molecule has 7 nitrogen and oxygen atoms in total. The molecule has 0 aromatic carbocycles. The van der Waals surface area contributed by atoms with E-state index in [1.807, 2.05) is 0 Å². The number of nitrogens with zero attached hydrogens (tertiary/aromatic N) is 1. The summed E-state index contributed by atoms with van der Waals surface area (Å²) in [5, 5.41) is 28.8. The Hall–Kier alpha value is -1.89. The average molecular weight is 471 g/mol. The largest absolute Gasteiger partial charge is 0.477 e. The van der Waals surface area contributed by atoms with E-state index in [0.29, 0.717) is 6.42 Å². The quantitative estimate of drug-likeness (QED) is 0.110. The molecule has 0 rings (SSSR count). The van der Waals surface area contributed by atoms with Crippen molar-refractivity contribution in [3.05, 3.63) is 12.2 Å². The fourth-order valence-electron chi connectivity index (χ4n) is 4.73. The number of unbranched alkanes of at least 4 members (excludes halogenated alkanes) is 11. The Morgan fingerprint density at radius 1 is 0.606 bits per heavy atom. The minimum absolute atomic E-state index is 0.224. The SMILES string of the molecule is CC/C=C/CCCCCCCCCCCCC[N+](C(C)C(=O)O)(C(C)C(=O)O)C(C)C(=O)O. The molecule has 0 aliphatic heterocycles. The van der Waals surface area contributed by atoms with Crippen molar-refractivity contribution in [2.45, 2.75) is 129 Å². The van der Waals surface area contributed by atoms with Crippen LogP contribution in [0.5, 0.6) is 0 Å². The molecule has 0 saturated carbocycles. The molecule has 3 N–H and O–H groups in total. The molecule has 0 amide bonds. The molecule has 3 atom stereocenters. The zero-order valence-electron chi connectivity index (χ0n) is 21.3. The standard InChI is InChI=1S/C26H47NO6/c1-5-6-7-8-9-10-11-12-13-14-15-16-17-18-19-20-27(21(2)24(28)29,22(3)25(30)31)23(4)26(32)33/h6-7,21-23H,5,8-20H2,1-4H3,(H2-,28,29,30,31,32,33)/p+1/b7-6+. The molecular weight excluding hydrogens is 422 g/mol. The number of rotatable bonds is 21. The second-order valence-corrected chi connectivity index (χ2v) is 9.32. The van der Waals surface area contributed by atoms with E-state index in [4.69, 9.17) is 0 Å². The van der Waals surface area contributed by atoms with Crippen LogP contribution in [-0.4, -0.2) is 62.4 Å². The van der Waals surface area contributed by atoms with Crippen molar-refractivity contribution in [3.63, 3.8) is 0 Å². The number of quaternary nitrogens is 1. The molecule has 33 heavy (non-hydrogen) atoms. The van der Waals surface area contributed by atoms with Crippen LogP contribution >= 0.6 is 0 Å². The summed E-state index contributed by atoms with van der Waals surface area (Å²) in [6.07, 6.45) is 19.2. The van der Waals surface area contributed by atoms with Crippen LogP contribution in [0.15, 0.2) is 12.2 Å². The van der Waals surface area contributed by atoms with Crippen molar-refractivity contribution in [1.29, 1.82) is 0 Å². The highest BCUT2D eigenvalue weighted by molar-refractivity contribution is 5.77.